The third-order valence-corrected chi connectivity index (χ3v) is 4.92. The predicted octanol–water partition coefficient (Wildman–Crippen LogP) is 3.49. The second kappa shape index (κ2) is 7.73. The summed E-state index contributed by atoms with van der Waals surface area (Å²) in [6.45, 7) is 11.8. The topological polar surface area (TPSA) is 24.5 Å². The van der Waals surface area contributed by atoms with Crippen molar-refractivity contribution in [2.45, 2.75) is 52.2 Å². The minimum absolute atomic E-state index is 0.185. The van der Waals surface area contributed by atoms with Gasteiger partial charge in [-0.2, -0.15) is 0 Å². The molecule has 0 radical (unpaired) electrons. The lowest BCUT2D eigenvalue weighted by molar-refractivity contribution is 0.0550. The molecule has 0 saturated carbocycles. The van der Waals surface area contributed by atoms with Crippen LogP contribution in [0.4, 0.5) is 0 Å². The predicted molar refractivity (Wildman–Crippen MR) is 90.8 cm³/mol. The van der Waals surface area contributed by atoms with E-state index in [1.165, 1.54) is 29.1 Å². The molecule has 0 atom stereocenters. The molecule has 1 aromatic rings. The summed E-state index contributed by atoms with van der Waals surface area (Å²) >= 11 is 1.94. The van der Waals surface area contributed by atoms with Gasteiger partial charge in [0.1, 0.15) is 0 Å². The molecular weight excluding hydrogens is 280 g/mol. The molecule has 4 heteroatoms. The van der Waals surface area contributed by atoms with Crippen LogP contribution in [-0.2, 0) is 17.8 Å². The summed E-state index contributed by atoms with van der Waals surface area (Å²) in [5, 5.41) is 3.55. The normalized spacial score (nSPS) is 17.6. The summed E-state index contributed by atoms with van der Waals surface area (Å²) in [5.41, 5.74) is 0.185. The van der Waals surface area contributed by atoms with Crippen LogP contribution in [0.3, 0.4) is 0 Å². The number of thiophene rings is 1. The molecule has 0 amide bonds. The summed E-state index contributed by atoms with van der Waals surface area (Å²) in [6.07, 6.45) is 2.44. The molecule has 1 aromatic heterocycles. The van der Waals surface area contributed by atoms with Crippen LogP contribution in [0.5, 0.6) is 0 Å². The standard InChI is InChI=1S/C17H30N2OS/c1-17(2,3)18-11-15-5-6-16(21-15)13-19(4)12-14-7-9-20-10-8-14/h5-6,14,18H,7-13H2,1-4H3. The highest BCUT2D eigenvalue weighted by molar-refractivity contribution is 7.11. The van der Waals surface area contributed by atoms with E-state index in [1.807, 2.05) is 11.3 Å². The first-order valence-electron chi connectivity index (χ1n) is 8.01. The van der Waals surface area contributed by atoms with Gasteiger partial charge in [-0.1, -0.05) is 0 Å². The molecule has 0 aromatic carbocycles. The Kier molecular flexibility index (Phi) is 6.23. The molecule has 1 N–H and O–H groups in total. The van der Waals surface area contributed by atoms with Crippen molar-refractivity contribution in [3.63, 3.8) is 0 Å². The molecule has 1 aliphatic rings. The van der Waals surface area contributed by atoms with E-state index in [9.17, 15) is 0 Å². The van der Waals surface area contributed by atoms with Gasteiger partial charge in [-0.25, -0.2) is 0 Å². The Hall–Kier alpha value is -0.420. The zero-order chi connectivity index (χ0) is 15.3. The van der Waals surface area contributed by atoms with E-state index in [2.05, 4.69) is 50.2 Å². The first-order chi connectivity index (χ1) is 9.92. The minimum atomic E-state index is 0.185. The molecule has 0 unspecified atom stereocenters. The Balaban J connectivity index is 1.75. The number of nitrogens with zero attached hydrogens (tertiary/aromatic N) is 1. The maximum atomic E-state index is 5.43. The highest BCUT2D eigenvalue weighted by atomic mass is 32.1. The van der Waals surface area contributed by atoms with E-state index in [-0.39, 0.29) is 5.54 Å². The van der Waals surface area contributed by atoms with Crippen molar-refractivity contribution in [2.75, 3.05) is 26.8 Å². The molecule has 2 rings (SSSR count). The van der Waals surface area contributed by atoms with Gasteiger partial charge in [-0.15, -0.1) is 11.3 Å². The maximum absolute atomic E-state index is 5.43. The average molecular weight is 311 g/mol. The van der Waals surface area contributed by atoms with E-state index in [0.29, 0.717) is 0 Å². The fourth-order valence-electron chi connectivity index (χ4n) is 2.65. The van der Waals surface area contributed by atoms with Gasteiger partial charge in [0.15, 0.2) is 0 Å². The first-order valence-corrected chi connectivity index (χ1v) is 8.83. The van der Waals surface area contributed by atoms with Crippen molar-refractivity contribution in [2.24, 2.45) is 5.92 Å². The second-order valence-electron chi connectivity index (χ2n) is 7.22. The lowest BCUT2D eigenvalue weighted by Gasteiger charge is -2.26. The van der Waals surface area contributed by atoms with Gasteiger partial charge < -0.3 is 15.0 Å². The number of hydrogen-bond donors (Lipinski definition) is 1. The maximum Gasteiger partial charge on any atom is 0.0469 e. The van der Waals surface area contributed by atoms with Crippen molar-refractivity contribution in [1.29, 1.82) is 0 Å². The Labute approximate surface area is 133 Å². The average Bonchev–Trinajstić information content (AvgIpc) is 2.84. The molecule has 0 bridgehead atoms. The quantitative estimate of drug-likeness (QED) is 0.870. The Morgan fingerprint density at radius 1 is 1.24 bits per heavy atom. The van der Waals surface area contributed by atoms with Crippen LogP contribution in [0.15, 0.2) is 12.1 Å². The van der Waals surface area contributed by atoms with E-state index in [1.54, 1.807) is 0 Å². The third kappa shape index (κ3) is 6.47. The van der Waals surface area contributed by atoms with Gasteiger partial charge in [0.2, 0.25) is 0 Å². The number of rotatable bonds is 6. The molecule has 2 heterocycles. The highest BCUT2D eigenvalue weighted by Gasteiger charge is 2.16. The van der Waals surface area contributed by atoms with Crippen molar-refractivity contribution >= 4 is 11.3 Å². The third-order valence-electron chi connectivity index (χ3n) is 3.85. The number of ether oxygens (including phenoxy) is 1. The van der Waals surface area contributed by atoms with Gasteiger partial charge in [0, 0.05) is 48.1 Å². The van der Waals surface area contributed by atoms with Gasteiger partial charge in [-0.3, -0.25) is 0 Å². The summed E-state index contributed by atoms with van der Waals surface area (Å²) < 4.78 is 5.43. The van der Waals surface area contributed by atoms with E-state index in [4.69, 9.17) is 4.74 Å². The Morgan fingerprint density at radius 3 is 2.57 bits per heavy atom. The monoisotopic (exact) mass is 310 g/mol. The minimum Gasteiger partial charge on any atom is -0.381 e. The Morgan fingerprint density at radius 2 is 1.90 bits per heavy atom. The van der Waals surface area contributed by atoms with Crippen LogP contribution >= 0.6 is 11.3 Å². The van der Waals surface area contributed by atoms with Crippen LogP contribution in [0.2, 0.25) is 0 Å². The molecule has 3 nitrogen and oxygen atoms in total. The van der Waals surface area contributed by atoms with Crippen LogP contribution in [0, 0.1) is 5.92 Å². The smallest absolute Gasteiger partial charge is 0.0469 e. The van der Waals surface area contributed by atoms with Crippen molar-refractivity contribution < 1.29 is 4.74 Å². The van der Waals surface area contributed by atoms with Crippen LogP contribution < -0.4 is 5.32 Å². The van der Waals surface area contributed by atoms with Crippen molar-refractivity contribution in [1.82, 2.24) is 10.2 Å². The van der Waals surface area contributed by atoms with Crippen molar-refractivity contribution in [3.8, 4) is 0 Å². The first kappa shape index (κ1) is 16.9. The van der Waals surface area contributed by atoms with Gasteiger partial charge >= 0.3 is 0 Å². The van der Waals surface area contributed by atoms with Crippen molar-refractivity contribution in [3.05, 3.63) is 21.9 Å². The van der Waals surface area contributed by atoms with Gasteiger partial charge in [-0.05, 0) is 58.7 Å². The van der Waals surface area contributed by atoms with Gasteiger partial charge in [0.25, 0.3) is 0 Å². The van der Waals surface area contributed by atoms with E-state index in [0.717, 1.165) is 32.2 Å². The molecular formula is C17H30N2OS. The molecule has 21 heavy (non-hydrogen) atoms. The van der Waals surface area contributed by atoms with E-state index >= 15 is 0 Å². The number of nitrogens with one attached hydrogen (secondary N) is 1. The molecule has 0 spiro atoms. The lowest BCUT2D eigenvalue weighted by atomic mass is 10.00. The van der Waals surface area contributed by atoms with Crippen LogP contribution in [-0.4, -0.2) is 37.2 Å². The summed E-state index contributed by atoms with van der Waals surface area (Å²) in [6, 6.07) is 4.55. The number of hydrogen-bond acceptors (Lipinski definition) is 4. The SMILES string of the molecule is CN(Cc1ccc(CNC(C)(C)C)s1)CC1CCOCC1. The summed E-state index contributed by atoms with van der Waals surface area (Å²) in [4.78, 5) is 5.36. The Bertz CT molecular complexity index is 419. The molecule has 1 saturated heterocycles. The van der Waals surface area contributed by atoms with Crippen LogP contribution in [0.1, 0.15) is 43.4 Å². The molecule has 1 aliphatic heterocycles. The molecule has 0 aliphatic carbocycles. The molecule has 120 valence electrons. The lowest BCUT2D eigenvalue weighted by Crippen LogP contribution is -2.34. The summed E-state index contributed by atoms with van der Waals surface area (Å²) in [5.74, 6) is 0.811. The fourth-order valence-corrected chi connectivity index (χ4v) is 3.69. The zero-order valence-electron chi connectivity index (χ0n) is 13.9. The fraction of sp³-hybridized carbons (Fsp3) is 0.765. The highest BCUT2D eigenvalue weighted by Crippen LogP contribution is 2.21. The molecule has 1 fully saturated rings. The largest absolute Gasteiger partial charge is 0.381 e. The zero-order valence-corrected chi connectivity index (χ0v) is 14.8. The summed E-state index contributed by atoms with van der Waals surface area (Å²) in [7, 11) is 2.24. The second-order valence-corrected chi connectivity index (χ2v) is 8.48. The van der Waals surface area contributed by atoms with Gasteiger partial charge in [0.05, 0.1) is 0 Å². The van der Waals surface area contributed by atoms with Crippen LogP contribution in [0.25, 0.3) is 0 Å². The van der Waals surface area contributed by atoms with E-state index < -0.39 is 0 Å².